The summed E-state index contributed by atoms with van der Waals surface area (Å²) in [4.78, 5) is 12.5. The SMILES string of the molecule is CCCCCCCCCCCCCCCCC/C=C/CC/C=C/CCCC(O)C(O)C(CO)NC(=O)C(O)CCCCCCCCCCCCCCCCCCCC. The molecule has 0 saturated carbocycles. The highest BCUT2D eigenvalue weighted by Gasteiger charge is 2.28. The van der Waals surface area contributed by atoms with Crippen LogP contribution in [0.4, 0.5) is 0 Å². The van der Waals surface area contributed by atoms with Crippen molar-refractivity contribution in [1.29, 1.82) is 0 Å². The third-order valence-electron chi connectivity index (χ3n) is 12.1. The summed E-state index contributed by atoms with van der Waals surface area (Å²) in [5.41, 5.74) is 0. The van der Waals surface area contributed by atoms with E-state index in [0.29, 0.717) is 19.3 Å². The number of nitrogens with one attached hydrogen (secondary N) is 1. The minimum absolute atomic E-state index is 0.364. The lowest BCUT2D eigenvalue weighted by molar-refractivity contribution is -0.132. The fourth-order valence-electron chi connectivity index (χ4n) is 8.07. The van der Waals surface area contributed by atoms with E-state index in [1.807, 2.05) is 0 Å². The average molecular weight is 820 g/mol. The zero-order chi connectivity index (χ0) is 42.4. The standard InChI is InChI=1S/C52H101NO5/c1-3-5-7-9-11-13-15-17-19-21-23-24-25-26-27-28-30-31-33-35-37-39-41-43-45-49(55)51(57)48(47-54)53-52(58)50(56)46-44-42-40-38-36-34-32-29-22-20-18-16-14-12-10-8-6-4-2/h30-31,37,39,48-51,54-57H,3-29,32-36,38,40-47H2,1-2H3,(H,53,58)/b31-30+,39-37+. The van der Waals surface area contributed by atoms with Gasteiger partial charge in [0.2, 0.25) is 5.91 Å². The largest absolute Gasteiger partial charge is 0.394 e. The molecule has 344 valence electrons. The zero-order valence-electron chi connectivity index (χ0n) is 38.8. The molecule has 4 unspecified atom stereocenters. The molecule has 0 radical (unpaired) electrons. The minimum atomic E-state index is -1.29. The first-order valence-electron chi connectivity index (χ1n) is 25.7. The van der Waals surface area contributed by atoms with Gasteiger partial charge in [0.05, 0.1) is 18.8 Å². The van der Waals surface area contributed by atoms with Gasteiger partial charge in [0, 0.05) is 0 Å². The van der Waals surface area contributed by atoms with E-state index < -0.39 is 36.9 Å². The Kier molecular flexibility index (Phi) is 45.9. The molecule has 6 heteroatoms. The van der Waals surface area contributed by atoms with E-state index in [1.54, 1.807) is 0 Å². The van der Waals surface area contributed by atoms with Crippen molar-refractivity contribution in [2.75, 3.05) is 6.61 Å². The lowest BCUT2D eigenvalue weighted by atomic mass is 10.00. The number of aliphatic hydroxyl groups is 4. The average Bonchev–Trinajstić information content (AvgIpc) is 3.23. The van der Waals surface area contributed by atoms with Gasteiger partial charge in [-0.3, -0.25) is 4.79 Å². The van der Waals surface area contributed by atoms with Crippen LogP contribution in [-0.2, 0) is 4.79 Å². The van der Waals surface area contributed by atoms with Crippen LogP contribution in [0.5, 0.6) is 0 Å². The first-order chi connectivity index (χ1) is 28.5. The number of carbonyl (C=O) groups is 1. The third-order valence-corrected chi connectivity index (χ3v) is 12.1. The van der Waals surface area contributed by atoms with Gasteiger partial charge < -0.3 is 25.7 Å². The Labute approximate surface area is 361 Å². The molecule has 0 aliphatic rings. The van der Waals surface area contributed by atoms with Crippen LogP contribution < -0.4 is 5.32 Å². The van der Waals surface area contributed by atoms with E-state index in [9.17, 15) is 25.2 Å². The molecular weight excluding hydrogens is 719 g/mol. The van der Waals surface area contributed by atoms with Crippen molar-refractivity contribution in [3.05, 3.63) is 24.3 Å². The summed E-state index contributed by atoms with van der Waals surface area (Å²) in [6.45, 7) is 4.06. The Morgan fingerprint density at radius 1 is 0.414 bits per heavy atom. The predicted octanol–water partition coefficient (Wildman–Crippen LogP) is 14.3. The van der Waals surface area contributed by atoms with Gasteiger partial charge in [-0.1, -0.05) is 244 Å². The zero-order valence-corrected chi connectivity index (χ0v) is 38.8. The maximum Gasteiger partial charge on any atom is 0.249 e. The van der Waals surface area contributed by atoms with Gasteiger partial charge in [-0.25, -0.2) is 0 Å². The molecule has 5 N–H and O–H groups in total. The normalized spacial score (nSPS) is 14.1. The van der Waals surface area contributed by atoms with E-state index in [4.69, 9.17) is 0 Å². The summed E-state index contributed by atoms with van der Waals surface area (Å²) in [5, 5.41) is 43.8. The van der Waals surface area contributed by atoms with Crippen molar-refractivity contribution in [1.82, 2.24) is 5.32 Å². The van der Waals surface area contributed by atoms with E-state index in [-0.39, 0.29) is 0 Å². The van der Waals surface area contributed by atoms with E-state index in [1.165, 1.54) is 199 Å². The summed E-state index contributed by atoms with van der Waals surface area (Å²) in [6, 6.07) is -1.01. The molecule has 0 heterocycles. The van der Waals surface area contributed by atoms with Crippen LogP contribution in [0.15, 0.2) is 24.3 Å². The van der Waals surface area contributed by atoms with Crippen molar-refractivity contribution >= 4 is 5.91 Å². The lowest BCUT2D eigenvalue weighted by Crippen LogP contribution is -2.53. The topological polar surface area (TPSA) is 110 Å². The molecule has 0 aliphatic carbocycles. The smallest absolute Gasteiger partial charge is 0.249 e. The number of hydrogen-bond donors (Lipinski definition) is 5. The van der Waals surface area contributed by atoms with Crippen molar-refractivity contribution in [3.8, 4) is 0 Å². The van der Waals surface area contributed by atoms with Crippen LogP contribution in [0.25, 0.3) is 0 Å². The van der Waals surface area contributed by atoms with Crippen LogP contribution in [0.2, 0.25) is 0 Å². The van der Waals surface area contributed by atoms with Crippen molar-refractivity contribution in [3.63, 3.8) is 0 Å². The number of aliphatic hydroxyl groups excluding tert-OH is 4. The predicted molar refractivity (Wildman–Crippen MR) is 251 cm³/mol. The Morgan fingerprint density at radius 3 is 1.09 bits per heavy atom. The summed E-state index contributed by atoms with van der Waals surface area (Å²) in [6.07, 6.45) is 55.2. The Balaban J connectivity index is 3.71. The van der Waals surface area contributed by atoms with Gasteiger partial charge >= 0.3 is 0 Å². The molecule has 58 heavy (non-hydrogen) atoms. The van der Waals surface area contributed by atoms with Crippen LogP contribution in [0, 0.1) is 0 Å². The fourth-order valence-corrected chi connectivity index (χ4v) is 8.07. The summed E-state index contributed by atoms with van der Waals surface area (Å²) >= 11 is 0. The summed E-state index contributed by atoms with van der Waals surface area (Å²) < 4.78 is 0. The molecule has 0 aromatic rings. The molecule has 1 amide bonds. The second-order valence-corrected chi connectivity index (χ2v) is 17.9. The Bertz CT molecular complexity index is 878. The number of rotatable bonds is 47. The van der Waals surface area contributed by atoms with E-state index >= 15 is 0 Å². The second-order valence-electron chi connectivity index (χ2n) is 17.9. The van der Waals surface area contributed by atoms with E-state index in [0.717, 1.165) is 38.5 Å². The molecule has 0 aliphatic heterocycles. The fraction of sp³-hybridized carbons (Fsp3) is 0.904. The Hall–Kier alpha value is -1.21. The molecule has 0 aromatic heterocycles. The van der Waals surface area contributed by atoms with E-state index in [2.05, 4.69) is 43.5 Å². The van der Waals surface area contributed by atoms with Gasteiger partial charge in [-0.15, -0.1) is 0 Å². The highest BCUT2D eigenvalue weighted by atomic mass is 16.3. The molecule has 0 rings (SSSR count). The molecule has 0 aromatic carbocycles. The molecule has 0 spiro atoms. The van der Waals surface area contributed by atoms with Gasteiger partial charge in [0.15, 0.2) is 0 Å². The summed E-state index contributed by atoms with van der Waals surface area (Å²) in [5.74, 6) is -0.593. The van der Waals surface area contributed by atoms with Crippen LogP contribution >= 0.6 is 0 Å². The van der Waals surface area contributed by atoms with Crippen LogP contribution in [-0.4, -0.2) is 57.3 Å². The van der Waals surface area contributed by atoms with Crippen molar-refractivity contribution in [2.45, 2.75) is 295 Å². The number of hydrogen-bond acceptors (Lipinski definition) is 5. The van der Waals surface area contributed by atoms with Crippen LogP contribution in [0.3, 0.4) is 0 Å². The molecule has 4 atom stereocenters. The van der Waals surface area contributed by atoms with Gasteiger partial charge in [0.1, 0.15) is 12.2 Å². The number of carbonyl (C=O) groups excluding carboxylic acids is 1. The van der Waals surface area contributed by atoms with Crippen molar-refractivity contribution in [2.24, 2.45) is 0 Å². The molecule has 6 nitrogen and oxygen atoms in total. The summed E-state index contributed by atoms with van der Waals surface area (Å²) in [7, 11) is 0. The number of amides is 1. The third kappa shape index (κ3) is 40.2. The maximum atomic E-state index is 12.5. The van der Waals surface area contributed by atoms with Gasteiger partial charge in [-0.05, 0) is 51.4 Å². The minimum Gasteiger partial charge on any atom is -0.394 e. The first-order valence-corrected chi connectivity index (χ1v) is 25.7. The maximum absolute atomic E-state index is 12.5. The van der Waals surface area contributed by atoms with Crippen molar-refractivity contribution < 1.29 is 25.2 Å². The molecule has 0 fully saturated rings. The highest BCUT2D eigenvalue weighted by molar-refractivity contribution is 5.80. The molecule has 0 bridgehead atoms. The first kappa shape index (κ1) is 56.8. The lowest BCUT2D eigenvalue weighted by Gasteiger charge is -2.27. The number of allylic oxidation sites excluding steroid dienone is 4. The molecular formula is C52H101NO5. The monoisotopic (exact) mass is 820 g/mol. The van der Waals surface area contributed by atoms with Gasteiger partial charge in [0.25, 0.3) is 0 Å². The van der Waals surface area contributed by atoms with Gasteiger partial charge in [-0.2, -0.15) is 0 Å². The molecule has 0 saturated heterocycles. The Morgan fingerprint density at radius 2 is 0.724 bits per heavy atom. The number of unbranched alkanes of at least 4 members (excludes halogenated alkanes) is 34. The quantitative estimate of drug-likeness (QED) is 0.0310. The second kappa shape index (κ2) is 46.8. The van der Waals surface area contributed by atoms with Crippen LogP contribution in [0.1, 0.15) is 271 Å². The highest BCUT2D eigenvalue weighted by Crippen LogP contribution is 2.17.